The van der Waals surface area contributed by atoms with Crippen molar-refractivity contribution in [3.8, 4) is 22.9 Å². The summed E-state index contributed by atoms with van der Waals surface area (Å²) in [7, 11) is 1.58. The number of hydrogen-bond acceptors (Lipinski definition) is 3. The van der Waals surface area contributed by atoms with Crippen LogP contribution in [0.5, 0.6) is 5.75 Å². The van der Waals surface area contributed by atoms with Crippen molar-refractivity contribution in [2.45, 2.75) is 18.9 Å². The van der Waals surface area contributed by atoms with E-state index in [0.29, 0.717) is 29.0 Å². The highest BCUT2D eigenvalue weighted by Gasteiger charge is 2.32. The van der Waals surface area contributed by atoms with Gasteiger partial charge in [-0.1, -0.05) is 30.3 Å². The largest absolute Gasteiger partial charge is 0.496 e. The normalized spacial score (nSPS) is 15.6. The lowest BCUT2D eigenvalue weighted by molar-refractivity contribution is 0.0733. The van der Waals surface area contributed by atoms with E-state index in [1.807, 2.05) is 12.1 Å². The Morgan fingerprint density at radius 3 is 2.60 bits per heavy atom. The predicted molar refractivity (Wildman–Crippen MR) is 113 cm³/mol. The van der Waals surface area contributed by atoms with Gasteiger partial charge in [-0.2, -0.15) is 5.26 Å². The average Bonchev–Trinajstić information content (AvgIpc) is 3.28. The zero-order valence-corrected chi connectivity index (χ0v) is 16.6. The van der Waals surface area contributed by atoms with Crippen molar-refractivity contribution in [3.05, 3.63) is 89.2 Å². The molecule has 1 amide bonds. The number of benzene rings is 3. The van der Waals surface area contributed by atoms with Crippen LogP contribution in [-0.2, 0) is 0 Å². The van der Waals surface area contributed by atoms with Crippen LogP contribution in [0.4, 0.5) is 4.39 Å². The predicted octanol–water partition coefficient (Wildman–Crippen LogP) is 5.35. The lowest BCUT2D eigenvalue weighted by Crippen LogP contribution is -2.31. The van der Waals surface area contributed by atoms with E-state index in [1.54, 1.807) is 60.5 Å². The number of hydrogen-bond donors (Lipinski definition) is 0. The third-order valence-corrected chi connectivity index (χ3v) is 5.55. The van der Waals surface area contributed by atoms with Crippen molar-refractivity contribution in [2.75, 3.05) is 13.7 Å². The molecule has 0 aromatic heterocycles. The standard InChI is InChI=1S/C25H21FN2O2/c1-30-24-13-8-17(16-27)15-21(24)18-9-11-19(12-10-18)25(29)28-14-4-7-23(28)20-5-2-3-6-22(20)26/h2-3,5-6,8-13,15,23H,4,7,14H2,1H3/t23-/m1/s1. The second-order valence-electron chi connectivity index (χ2n) is 7.28. The molecule has 0 unspecified atom stereocenters. The number of rotatable bonds is 4. The Labute approximate surface area is 175 Å². The number of nitrogens with zero attached hydrogens (tertiary/aromatic N) is 2. The Bertz CT molecular complexity index is 1120. The Morgan fingerprint density at radius 2 is 1.90 bits per heavy atom. The fraction of sp³-hybridized carbons (Fsp3) is 0.200. The average molecular weight is 400 g/mol. The van der Waals surface area contributed by atoms with Crippen LogP contribution in [0, 0.1) is 17.1 Å². The topological polar surface area (TPSA) is 53.3 Å². The highest BCUT2D eigenvalue weighted by atomic mass is 19.1. The molecule has 0 N–H and O–H groups in total. The van der Waals surface area contributed by atoms with Gasteiger partial charge in [0.25, 0.3) is 5.91 Å². The molecule has 3 aromatic rings. The Morgan fingerprint density at radius 1 is 1.13 bits per heavy atom. The summed E-state index contributed by atoms with van der Waals surface area (Å²) in [5.41, 5.74) is 3.31. The molecular weight excluding hydrogens is 379 g/mol. The van der Waals surface area contributed by atoms with Gasteiger partial charge in [-0.25, -0.2) is 4.39 Å². The van der Waals surface area contributed by atoms with Crippen molar-refractivity contribution in [1.29, 1.82) is 5.26 Å². The van der Waals surface area contributed by atoms with Crippen LogP contribution in [-0.4, -0.2) is 24.5 Å². The zero-order valence-electron chi connectivity index (χ0n) is 16.6. The van der Waals surface area contributed by atoms with Crippen LogP contribution in [0.25, 0.3) is 11.1 Å². The summed E-state index contributed by atoms with van der Waals surface area (Å²) in [5.74, 6) is 0.277. The summed E-state index contributed by atoms with van der Waals surface area (Å²) in [6.45, 7) is 0.609. The second-order valence-corrected chi connectivity index (χ2v) is 7.28. The van der Waals surface area contributed by atoms with Crippen molar-refractivity contribution >= 4 is 5.91 Å². The number of amides is 1. The number of carbonyl (C=O) groups is 1. The van der Waals surface area contributed by atoms with Crippen LogP contribution in [0.1, 0.15) is 40.4 Å². The molecule has 1 fully saturated rings. The first kappa shape index (κ1) is 19.7. The fourth-order valence-corrected chi connectivity index (χ4v) is 4.04. The first-order chi connectivity index (χ1) is 14.6. The van der Waals surface area contributed by atoms with E-state index in [1.165, 1.54) is 6.07 Å². The SMILES string of the molecule is COc1ccc(C#N)cc1-c1ccc(C(=O)N2CCC[C@@H]2c2ccccc2F)cc1. The van der Waals surface area contributed by atoms with Crippen molar-refractivity contribution in [3.63, 3.8) is 0 Å². The minimum absolute atomic E-state index is 0.106. The van der Waals surface area contributed by atoms with Crippen LogP contribution < -0.4 is 4.74 Å². The highest BCUT2D eigenvalue weighted by molar-refractivity contribution is 5.95. The molecule has 0 bridgehead atoms. The molecule has 4 nitrogen and oxygen atoms in total. The summed E-state index contributed by atoms with van der Waals surface area (Å²) < 4.78 is 19.7. The maximum atomic E-state index is 14.3. The Hall–Kier alpha value is -3.65. The number of carbonyl (C=O) groups excluding carboxylic acids is 1. The second kappa shape index (κ2) is 8.38. The lowest BCUT2D eigenvalue weighted by atomic mass is 10.00. The molecule has 150 valence electrons. The molecule has 5 heteroatoms. The molecular formula is C25H21FN2O2. The molecule has 1 atom stereocenters. The van der Waals surface area contributed by atoms with Gasteiger partial charge in [0.2, 0.25) is 0 Å². The summed E-state index contributed by atoms with van der Waals surface area (Å²) in [6.07, 6.45) is 1.60. The Balaban J connectivity index is 1.61. The van der Waals surface area contributed by atoms with Crippen LogP contribution >= 0.6 is 0 Å². The van der Waals surface area contributed by atoms with Crippen LogP contribution in [0.15, 0.2) is 66.7 Å². The van der Waals surface area contributed by atoms with Gasteiger partial charge in [-0.3, -0.25) is 4.79 Å². The first-order valence-electron chi connectivity index (χ1n) is 9.86. The maximum Gasteiger partial charge on any atom is 0.254 e. The van der Waals surface area contributed by atoms with Gasteiger partial charge in [-0.05, 0) is 54.8 Å². The van der Waals surface area contributed by atoms with E-state index in [9.17, 15) is 14.4 Å². The monoisotopic (exact) mass is 400 g/mol. The quantitative estimate of drug-likeness (QED) is 0.593. The van der Waals surface area contributed by atoms with E-state index in [-0.39, 0.29) is 17.8 Å². The summed E-state index contributed by atoms with van der Waals surface area (Å²) in [5, 5.41) is 9.18. The van der Waals surface area contributed by atoms with Crippen LogP contribution in [0.2, 0.25) is 0 Å². The van der Waals surface area contributed by atoms with E-state index >= 15 is 0 Å². The third kappa shape index (κ3) is 3.65. The van der Waals surface area contributed by atoms with Gasteiger partial charge >= 0.3 is 0 Å². The van der Waals surface area contributed by atoms with E-state index < -0.39 is 0 Å². The molecule has 0 saturated carbocycles. The van der Waals surface area contributed by atoms with Crippen molar-refractivity contribution in [1.82, 2.24) is 4.90 Å². The molecule has 1 aliphatic heterocycles. The highest BCUT2D eigenvalue weighted by Crippen LogP contribution is 2.35. The maximum absolute atomic E-state index is 14.3. The minimum Gasteiger partial charge on any atom is -0.496 e. The van der Waals surface area contributed by atoms with Crippen LogP contribution in [0.3, 0.4) is 0 Å². The molecule has 1 saturated heterocycles. The number of methoxy groups -OCH3 is 1. The number of ether oxygens (including phenoxy) is 1. The molecule has 1 heterocycles. The van der Waals surface area contributed by atoms with E-state index in [0.717, 1.165) is 24.0 Å². The van der Waals surface area contributed by atoms with Crippen molar-refractivity contribution < 1.29 is 13.9 Å². The number of halogens is 1. The summed E-state index contributed by atoms with van der Waals surface area (Å²) in [4.78, 5) is 14.9. The van der Waals surface area contributed by atoms with Crippen molar-refractivity contribution in [2.24, 2.45) is 0 Å². The first-order valence-corrected chi connectivity index (χ1v) is 9.86. The Kier molecular flexibility index (Phi) is 5.49. The molecule has 0 spiro atoms. The fourth-order valence-electron chi connectivity index (χ4n) is 4.04. The third-order valence-electron chi connectivity index (χ3n) is 5.55. The summed E-state index contributed by atoms with van der Waals surface area (Å²) >= 11 is 0. The zero-order chi connectivity index (χ0) is 21.1. The van der Waals surface area contributed by atoms with E-state index in [4.69, 9.17) is 4.74 Å². The van der Waals surface area contributed by atoms with Gasteiger partial charge in [0.1, 0.15) is 11.6 Å². The summed E-state index contributed by atoms with van der Waals surface area (Å²) in [6, 6.07) is 21.0. The molecule has 0 radical (unpaired) electrons. The van der Waals surface area contributed by atoms with Gasteiger partial charge < -0.3 is 9.64 Å². The molecule has 3 aromatic carbocycles. The van der Waals surface area contributed by atoms with Gasteiger partial charge in [0.15, 0.2) is 0 Å². The number of nitriles is 1. The minimum atomic E-state index is -0.276. The van der Waals surface area contributed by atoms with Gasteiger partial charge in [0, 0.05) is 23.2 Å². The number of likely N-dealkylation sites (tertiary alicyclic amines) is 1. The smallest absolute Gasteiger partial charge is 0.254 e. The lowest BCUT2D eigenvalue weighted by Gasteiger charge is -2.25. The molecule has 4 rings (SSSR count). The molecule has 0 aliphatic carbocycles. The molecule has 30 heavy (non-hydrogen) atoms. The van der Waals surface area contributed by atoms with Gasteiger partial charge in [-0.15, -0.1) is 0 Å². The van der Waals surface area contributed by atoms with Gasteiger partial charge in [0.05, 0.1) is 24.8 Å². The van der Waals surface area contributed by atoms with E-state index in [2.05, 4.69) is 6.07 Å². The molecule has 1 aliphatic rings.